The summed E-state index contributed by atoms with van der Waals surface area (Å²) in [6.45, 7) is -2.92. The fourth-order valence-corrected chi connectivity index (χ4v) is 1.96. The third kappa shape index (κ3) is 3.83. The van der Waals surface area contributed by atoms with E-state index in [1.807, 2.05) is 0 Å². The first kappa shape index (κ1) is 13.6. The van der Waals surface area contributed by atoms with Gasteiger partial charge in [-0.3, -0.25) is 4.79 Å². The molecule has 2 rings (SSSR count). The zero-order valence-corrected chi connectivity index (χ0v) is 10.7. The van der Waals surface area contributed by atoms with E-state index in [4.69, 9.17) is 11.6 Å². The van der Waals surface area contributed by atoms with E-state index in [1.165, 1.54) is 24.3 Å². The van der Waals surface area contributed by atoms with E-state index in [0.717, 1.165) is 11.3 Å². The van der Waals surface area contributed by atoms with Crippen molar-refractivity contribution in [1.82, 2.24) is 10.2 Å². The molecule has 0 radical (unpaired) electrons. The van der Waals surface area contributed by atoms with Gasteiger partial charge in [-0.05, 0) is 23.7 Å². The van der Waals surface area contributed by atoms with Crippen molar-refractivity contribution in [3.8, 4) is 5.75 Å². The van der Waals surface area contributed by atoms with E-state index in [1.54, 1.807) is 0 Å². The fraction of sp³-hybridized carbons (Fsp3) is 0.100. The molecule has 2 aromatic rings. The number of nitrogens with one attached hydrogen (secondary N) is 1. The Morgan fingerprint density at radius 3 is 2.84 bits per heavy atom. The Labute approximate surface area is 115 Å². The zero-order valence-electron chi connectivity index (χ0n) is 9.14. The SMILES string of the molecule is O=C(Nc1cccc(OC(F)F)c1)c1nnc(Cl)s1. The predicted molar refractivity (Wildman–Crippen MR) is 65.9 cm³/mol. The van der Waals surface area contributed by atoms with Gasteiger partial charge in [0, 0.05) is 11.8 Å². The summed E-state index contributed by atoms with van der Waals surface area (Å²) in [6.07, 6.45) is 0. The van der Waals surface area contributed by atoms with Crippen LogP contribution in [-0.2, 0) is 0 Å². The molecular weight excluding hydrogens is 300 g/mol. The second kappa shape index (κ2) is 5.89. The Hall–Kier alpha value is -1.80. The van der Waals surface area contributed by atoms with E-state index in [0.29, 0.717) is 5.69 Å². The predicted octanol–water partition coefficient (Wildman–Crippen LogP) is 3.05. The van der Waals surface area contributed by atoms with Crippen LogP contribution in [0.1, 0.15) is 9.80 Å². The molecule has 0 aliphatic carbocycles. The van der Waals surface area contributed by atoms with Crippen molar-refractivity contribution in [1.29, 1.82) is 0 Å². The maximum Gasteiger partial charge on any atom is 0.387 e. The molecule has 0 fully saturated rings. The number of benzene rings is 1. The zero-order chi connectivity index (χ0) is 13.8. The molecule has 1 heterocycles. The molecule has 0 unspecified atom stereocenters. The van der Waals surface area contributed by atoms with Gasteiger partial charge in [-0.2, -0.15) is 8.78 Å². The van der Waals surface area contributed by atoms with Crippen molar-refractivity contribution in [3.63, 3.8) is 0 Å². The van der Waals surface area contributed by atoms with Crippen LogP contribution in [0.25, 0.3) is 0 Å². The minimum absolute atomic E-state index is 0.0527. The molecule has 1 amide bonds. The summed E-state index contributed by atoms with van der Waals surface area (Å²) in [5.74, 6) is -0.582. The van der Waals surface area contributed by atoms with Crippen molar-refractivity contribution in [2.24, 2.45) is 0 Å². The summed E-state index contributed by atoms with van der Waals surface area (Å²) in [7, 11) is 0. The lowest BCUT2D eigenvalue weighted by Gasteiger charge is -2.07. The molecule has 0 atom stereocenters. The number of anilines is 1. The number of amides is 1. The van der Waals surface area contributed by atoms with Crippen LogP contribution in [0.15, 0.2) is 24.3 Å². The number of alkyl halides is 2. The number of rotatable bonds is 4. The monoisotopic (exact) mass is 305 g/mol. The highest BCUT2D eigenvalue weighted by Crippen LogP contribution is 2.21. The lowest BCUT2D eigenvalue weighted by atomic mass is 10.3. The average Bonchev–Trinajstić information content (AvgIpc) is 2.75. The first-order chi connectivity index (χ1) is 9.04. The van der Waals surface area contributed by atoms with Crippen molar-refractivity contribution in [2.75, 3.05) is 5.32 Å². The van der Waals surface area contributed by atoms with E-state index >= 15 is 0 Å². The molecule has 100 valence electrons. The molecule has 0 spiro atoms. The Balaban J connectivity index is 2.08. The summed E-state index contributed by atoms with van der Waals surface area (Å²) in [4.78, 5) is 11.7. The molecule has 0 aliphatic heterocycles. The summed E-state index contributed by atoms with van der Waals surface area (Å²) in [5, 5.41) is 9.59. The molecule has 1 aromatic heterocycles. The van der Waals surface area contributed by atoms with E-state index < -0.39 is 12.5 Å². The van der Waals surface area contributed by atoms with Gasteiger partial charge in [0.05, 0.1) is 0 Å². The number of halogens is 3. The van der Waals surface area contributed by atoms with Gasteiger partial charge < -0.3 is 10.1 Å². The molecule has 9 heteroatoms. The third-order valence-electron chi connectivity index (χ3n) is 1.91. The number of hydrogen-bond acceptors (Lipinski definition) is 5. The standard InChI is InChI=1S/C10H6ClF2N3O2S/c11-9-16-15-8(19-9)7(17)14-5-2-1-3-6(4-5)18-10(12)13/h1-4,10H,(H,14,17). The number of hydrogen-bond donors (Lipinski definition) is 1. The molecule has 0 saturated carbocycles. The second-order valence-corrected chi connectivity index (χ2v) is 4.78. The van der Waals surface area contributed by atoms with Gasteiger partial charge in [0.1, 0.15) is 5.75 Å². The molecule has 0 aliphatic rings. The normalized spacial score (nSPS) is 10.5. The summed E-state index contributed by atoms with van der Waals surface area (Å²) in [6, 6.07) is 5.62. The maximum atomic E-state index is 12.0. The Morgan fingerprint density at radius 2 is 2.21 bits per heavy atom. The maximum absolute atomic E-state index is 12.0. The highest BCUT2D eigenvalue weighted by Gasteiger charge is 2.13. The van der Waals surface area contributed by atoms with Gasteiger partial charge in [0.2, 0.25) is 9.47 Å². The van der Waals surface area contributed by atoms with Gasteiger partial charge in [0.25, 0.3) is 5.91 Å². The number of nitrogens with zero attached hydrogens (tertiary/aromatic N) is 2. The fourth-order valence-electron chi connectivity index (χ4n) is 1.23. The number of ether oxygens (including phenoxy) is 1. The molecule has 5 nitrogen and oxygen atoms in total. The Bertz CT molecular complexity index is 594. The number of carbonyl (C=O) groups is 1. The smallest absolute Gasteiger partial charge is 0.387 e. The number of carbonyl (C=O) groups excluding carboxylic acids is 1. The summed E-state index contributed by atoms with van der Waals surface area (Å²) >= 11 is 6.46. The van der Waals surface area contributed by atoms with E-state index in [9.17, 15) is 13.6 Å². The van der Waals surface area contributed by atoms with Crippen molar-refractivity contribution < 1.29 is 18.3 Å². The first-order valence-electron chi connectivity index (χ1n) is 4.90. The topological polar surface area (TPSA) is 64.1 Å². The summed E-state index contributed by atoms with van der Waals surface area (Å²) < 4.78 is 28.4. The second-order valence-electron chi connectivity index (χ2n) is 3.22. The van der Waals surface area contributed by atoms with E-state index in [-0.39, 0.29) is 15.2 Å². The molecular formula is C10H6ClF2N3O2S. The molecule has 1 N–H and O–H groups in total. The third-order valence-corrected chi connectivity index (χ3v) is 2.93. The summed E-state index contributed by atoms with van der Waals surface area (Å²) in [5.41, 5.74) is 0.300. The van der Waals surface area contributed by atoms with Gasteiger partial charge in [-0.1, -0.05) is 17.4 Å². The van der Waals surface area contributed by atoms with Crippen LogP contribution in [0.5, 0.6) is 5.75 Å². The van der Waals surface area contributed by atoms with Crippen molar-refractivity contribution >= 4 is 34.5 Å². The highest BCUT2D eigenvalue weighted by atomic mass is 35.5. The lowest BCUT2D eigenvalue weighted by Crippen LogP contribution is -2.11. The highest BCUT2D eigenvalue weighted by molar-refractivity contribution is 7.17. The number of aromatic nitrogens is 2. The van der Waals surface area contributed by atoms with Crippen LogP contribution in [0.2, 0.25) is 4.47 Å². The Morgan fingerprint density at radius 1 is 1.42 bits per heavy atom. The van der Waals surface area contributed by atoms with Crippen LogP contribution in [0, 0.1) is 0 Å². The van der Waals surface area contributed by atoms with Crippen LogP contribution in [0.4, 0.5) is 14.5 Å². The molecule has 19 heavy (non-hydrogen) atoms. The van der Waals surface area contributed by atoms with Crippen LogP contribution in [0.3, 0.4) is 0 Å². The van der Waals surface area contributed by atoms with Crippen molar-refractivity contribution in [2.45, 2.75) is 6.61 Å². The minimum Gasteiger partial charge on any atom is -0.435 e. The van der Waals surface area contributed by atoms with Crippen LogP contribution < -0.4 is 10.1 Å². The lowest BCUT2D eigenvalue weighted by molar-refractivity contribution is -0.0497. The largest absolute Gasteiger partial charge is 0.435 e. The van der Waals surface area contributed by atoms with Crippen LogP contribution >= 0.6 is 22.9 Å². The molecule has 1 aromatic carbocycles. The quantitative estimate of drug-likeness (QED) is 0.943. The van der Waals surface area contributed by atoms with E-state index in [2.05, 4.69) is 20.3 Å². The van der Waals surface area contributed by atoms with Crippen LogP contribution in [-0.4, -0.2) is 22.7 Å². The molecule has 0 bridgehead atoms. The van der Waals surface area contributed by atoms with Gasteiger partial charge in [0.15, 0.2) is 0 Å². The van der Waals surface area contributed by atoms with Crippen molar-refractivity contribution in [3.05, 3.63) is 33.7 Å². The first-order valence-corrected chi connectivity index (χ1v) is 6.09. The van der Waals surface area contributed by atoms with Gasteiger partial charge >= 0.3 is 6.61 Å². The average molecular weight is 306 g/mol. The Kier molecular flexibility index (Phi) is 4.23. The van der Waals surface area contributed by atoms with Gasteiger partial charge in [-0.25, -0.2) is 0 Å². The van der Waals surface area contributed by atoms with Gasteiger partial charge in [-0.15, -0.1) is 10.2 Å². The molecule has 0 saturated heterocycles. The minimum atomic E-state index is -2.92.